The van der Waals surface area contributed by atoms with Crippen LogP contribution in [-0.2, 0) is 43.2 Å². The third-order valence-electron chi connectivity index (χ3n) is 9.70. The Morgan fingerprint density at radius 3 is 2.08 bits per heavy atom. The topological polar surface area (TPSA) is 334 Å². The summed E-state index contributed by atoms with van der Waals surface area (Å²) < 4.78 is 0. The Hall–Kier alpha value is -5.41. The van der Waals surface area contributed by atoms with Crippen molar-refractivity contribution >= 4 is 70.9 Å². The van der Waals surface area contributed by atoms with E-state index in [1.165, 1.54) is 13.0 Å². The second-order valence-electron chi connectivity index (χ2n) is 15.1. The van der Waals surface area contributed by atoms with Crippen molar-refractivity contribution in [2.45, 2.75) is 121 Å². The minimum absolute atomic E-state index is 0.111. The summed E-state index contributed by atoms with van der Waals surface area (Å²) in [5.41, 5.74) is 8.27. The highest BCUT2D eigenvalue weighted by molar-refractivity contribution is 7.99. The van der Waals surface area contributed by atoms with E-state index in [2.05, 4.69) is 47.5 Å². The van der Waals surface area contributed by atoms with Gasteiger partial charge < -0.3 is 59.1 Å². The number of unbranched alkanes of at least 4 members (excludes halogenated alkanes) is 9. The van der Waals surface area contributed by atoms with E-state index in [0.717, 1.165) is 69.5 Å². The lowest BCUT2D eigenvalue weighted by molar-refractivity contribution is -0.141. The standard InChI is InChI=1S/C38H63N11O10S/c1-4-24-32(54)48-31(23(2)3)34(56)49-38(22-60-21-26(35(57)58)46-30(53)20-43-28(51)18-44-36(38)59)17-25(33(55)47-24)45-29(52)19-42-27(50)15-13-11-9-7-5-6-8-10-12-14-16-41-37(39)40/h4,23,25-26,31H,5-22H2,1-3H3,(H,42,50)(H,43,51)(H,44,59)(H,45,52)(H,46,53)(H,47,55)(H,48,54)(H,49,56)(H,57,58)(H4,39,40,41)/b24-4+/t25?,26?,31-,38?/m0/s1. The molecule has 4 atom stereocenters. The van der Waals surface area contributed by atoms with E-state index in [1.54, 1.807) is 13.8 Å². The number of hydrogen-bond acceptors (Lipinski definition) is 11. The number of allylic oxidation sites excluding steroid dienone is 1. The Balaban J connectivity index is 2.20. The molecule has 0 aliphatic carbocycles. The van der Waals surface area contributed by atoms with E-state index in [4.69, 9.17) is 11.5 Å². The highest BCUT2D eigenvalue weighted by Crippen LogP contribution is 2.24. The molecule has 0 aromatic rings. The van der Waals surface area contributed by atoms with Crippen LogP contribution in [0.15, 0.2) is 16.8 Å². The fourth-order valence-electron chi connectivity index (χ4n) is 6.34. The predicted octanol–water partition coefficient (Wildman–Crippen LogP) is -1.88. The first-order valence-corrected chi connectivity index (χ1v) is 21.5. The molecule has 2 rings (SSSR count). The van der Waals surface area contributed by atoms with E-state index in [0.29, 0.717) is 13.0 Å². The van der Waals surface area contributed by atoms with Crippen LogP contribution in [0, 0.1) is 5.92 Å². The normalized spacial score (nSPS) is 22.9. The minimum atomic E-state index is -2.13. The minimum Gasteiger partial charge on any atom is -0.480 e. The highest BCUT2D eigenvalue weighted by atomic mass is 32.2. The first-order valence-electron chi connectivity index (χ1n) is 20.3. The molecule has 0 aromatic carbocycles. The summed E-state index contributed by atoms with van der Waals surface area (Å²) in [5, 5.41) is 29.5. The Morgan fingerprint density at radius 1 is 0.867 bits per heavy atom. The van der Waals surface area contributed by atoms with Crippen LogP contribution < -0.4 is 54.0 Å². The molecule has 2 saturated heterocycles. The maximum absolute atomic E-state index is 14.2. The number of nitrogens with two attached hydrogens (primary N) is 2. The van der Waals surface area contributed by atoms with Gasteiger partial charge in [-0.05, 0) is 25.7 Å². The van der Waals surface area contributed by atoms with Crippen molar-refractivity contribution in [2.75, 3.05) is 37.7 Å². The number of hydrogen-bond donors (Lipinski definition) is 11. The van der Waals surface area contributed by atoms with Gasteiger partial charge in [-0.2, -0.15) is 11.8 Å². The molecule has 0 saturated carbocycles. The number of carbonyl (C=O) groups is 9. The second kappa shape index (κ2) is 26.6. The van der Waals surface area contributed by atoms with Crippen LogP contribution in [-0.4, -0.2) is 126 Å². The number of aliphatic imine (C=N–C) groups is 1. The summed E-state index contributed by atoms with van der Waals surface area (Å²) in [7, 11) is 0. The summed E-state index contributed by atoms with van der Waals surface area (Å²) in [6.07, 6.45) is 10.7. The number of carboxylic acid groups (broad SMARTS) is 1. The maximum Gasteiger partial charge on any atom is 0.327 e. The smallest absolute Gasteiger partial charge is 0.327 e. The van der Waals surface area contributed by atoms with Gasteiger partial charge >= 0.3 is 5.97 Å². The molecule has 1 spiro atoms. The van der Waals surface area contributed by atoms with Gasteiger partial charge in [0.15, 0.2) is 5.96 Å². The number of nitrogens with one attached hydrogen (secondary N) is 8. The lowest BCUT2D eigenvalue weighted by atomic mass is 9.89. The number of guanidine groups is 1. The van der Waals surface area contributed by atoms with E-state index < -0.39 is 115 Å². The molecule has 0 bridgehead atoms. The molecule has 22 heteroatoms. The van der Waals surface area contributed by atoms with Crippen LogP contribution in [0.25, 0.3) is 0 Å². The molecule has 2 heterocycles. The monoisotopic (exact) mass is 865 g/mol. The molecule has 13 N–H and O–H groups in total. The van der Waals surface area contributed by atoms with Crippen LogP contribution in [0.4, 0.5) is 0 Å². The van der Waals surface area contributed by atoms with Crippen molar-refractivity contribution in [2.24, 2.45) is 22.4 Å². The van der Waals surface area contributed by atoms with Crippen molar-refractivity contribution in [3.63, 3.8) is 0 Å². The van der Waals surface area contributed by atoms with Crippen LogP contribution in [0.1, 0.15) is 97.8 Å². The number of carbonyl (C=O) groups excluding carboxylic acids is 8. The Bertz CT molecular complexity index is 1600. The summed E-state index contributed by atoms with van der Waals surface area (Å²) >= 11 is 0.843. The van der Waals surface area contributed by atoms with Gasteiger partial charge in [-0.1, -0.05) is 71.3 Å². The van der Waals surface area contributed by atoms with E-state index in [9.17, 15) is 48.3 Å². The number of amides is 8. The van der Waals surface area contributed by atoms with Crippen LogP contribution in [0.2, 0.25) is 0 Å². The molecule has 2 aliphatic rings. The van der Waals surface area contributed by atoms with Crippen LogP contribution in [0.5, 0.6) is 0 Å². The number of nitrogens with zero attached hydrogens (tertiary/aromatic N) is 1. The van der Waals surface area contributed by atoms with Crippen molar-refractivity contribution in [3.8, 4) is 0 Å². The summed E-state index contributed by atoms with van der Waals surface area (Å²) in [6.45, 7) is 3.58. The Labute approximate surface area is 354 Å². The lowest BCUT2D eigenvalue weighted by Gasteiger charge is -2.37. The number of aliphatic carboxylic acids is 1. The molecule has 336 valence electrons. The zero-order valence-electron chi connectivity index (χ0n) is 34.7. The quantitative estimate of drug-likeness (QED) is 0.0312. The molecule has 2 fully saturated rings. The lowest BCUT2D eigenvalue weighted by Crippen LogP contribution is -2.67. The zero-order chi connectivity index (χ0) is 44.7. The molecule has 0 aromatic heterocycles. The largest absolute Gasteiger partial charge is 0.480 e. The average molecular weight is 866 g/mol. The van der Waals surface area contributed by atoms with Gasteiger partial charge in [0.25, 0.3) is 5.91 Å². The van der Waals surface area contributed by atoms with Crippen molar-refractivity contribution in [1.82, 2.24) is 42.5 Å². The Kier molecular flexibility index (Phi) is 22.5. The van der Waals surface area contributed by atoms with Crippen molar-refractivity contribution in [1.29, 1.82) is 0 Å². The third kappa shape index (κ3) is 18.7. The molecule has 3 unspecified atom stereocenters. The number of thioether (sulfide) groups is 1. The SMILES string of the molecule is C/C=C1/NC(=O)C(NC(=O)CNC(=O)CCCCCCCCCCCCN=C(N)N)CC2(CSCC(C(=O)O)NC(=O)CNC(=O)CNC2=O)NC(=O)[C@H](C(C)C)NC1=O. The van der Waals surface area contributed by atoms with E-state index in [1.807, 2.05) is 0 Å². The molecular formula is C38H63N11O10S. The van der Waals surface area contributed by atoms with Gasteiger partial charge in [-0.15, -0.1) is 0 Å². The molecular weight excluding hydrogens is 803 g/mol. The molecule has 2 aliphatic heterocycles. The molecule has 60 heavy (non-hydrogen) atoms. The van der Waals surface area contributed by atoms with Gasteiger partial charge in [-0.3, -0.25) is 43.3 Å². The van der Waals surface area contributed by atoms with Gasteiger partial charge in [-0.25, -0.2) is 4.79 Å². The third-order valence-corrected chi connectivity index (χ3v) is 11.0. The fraction of sp³-hybridized carbons (Fsp3) is 0.684. The summed E-state index contributed by atoms with van der Waals surface area (Å²) in [5.74, 6) is -9.01. The van der Waals surface area contributed by atoms with Gasteiger partial charge in [0.05, 0.1) is 19.6 Å². The maximum atomic E-state index is 14.2. The highest BCUT2D eigenvalue weighted by Gasteiger charge is 2.46. The Morgan fingerprint density at radius 2 is 1.48 bits per heavy atom. The fourth-order valence-corrected chi connectivity index (χ4v) is 7.59. The van der Waals surface area contributed by atoms with Gasteiger partial charge in [0.2, 0.25) is 41.4 Å². The van der Waals surface area contributed by atoms with Gasteiger partial charge in [0.1, 0.15) is 29.4 Å². The summed E-state index contributed by atoms with van der Waals surface area (Å²) in [4.78, 5) is 122. The van der Waals surface area contributed by atoms with Crippen molar-refractivity contribution in [3.05, 3.63) is 11.8 Å². The average Bonchev–Trinajstić information content (AvgIpc) is 3.19. The number of rotatable bonds is 18. The van der Waals surface area contributed by atoms with Gasteiger partial charge in [0, 0.05) is 30.9 Å². The first-order chi connectivity index (χ1) is 28.5. The molecule has 21 nitrogen and oxygen atoms in total. The number of carboxylic acids is 1. The predicted molar refractivity (Wildman–Crippen MR) is 223 cm³/mol. The van der Waals surface area contributed by atoms with E-state index in [-0.39, 0.29) is 23.8 Å². The second-order valence-corrected chi connectivity index (χ2v) is 16.1. The molecule has 0 radical (unpaired) electrons. The zero-order valence-corrected chi connectivity index (χ0v) is 35.6. The van der Waals surface area contributed by atoms with Crippen molar-refractivity contribution < 1.29 is 48.3 Å². The molecule has 8 amide bonds. The van der Waals surface area contributed by atoms with E-state index >= 15 is 0 Å². The van der Waals surface area contributed by atoms with Crippen LogP contribution >= 0.6 is 11.8 Å². The van der Waals surface area contributed by atoms with Crippen LogP contribution in [0.3, 0.4) is 0 Å². The summed E-state index contributed by atoms with van der Waals surface area (Å²) in [6, 6.07) is -4.36. The first kappa shape index (κ1) is 50.7.